The summed E-state index contributed by atoms with van der Waals surface area (Å²) in [6.45, 7) is 10.5. The van der Waals surface area contributed by atoms with Crippen LogP contribution in [-0.4, -0.2) is 30.9 Å². The van der Waals surface area contributed by atoms with Crippen LogP contribution >= 0.6 is 11.3 Å². The molecule has 0 aromatic carbocycles. The van der Waals surface area contributed by atoms with Crippen molar-refractivity contribution >= 4 is 21.2 Å². The molecule has 1 aliphatic heterocycles. The number of rotatable bonds is 3. The van der Waals surface area contributed by atoms with Crippen molar-refractivity contribution in [3.63, 3.8) is 0 Å². The van der Waals surface area contributed by atoms with E-state index in [1.165, 1.54) is 0 Å². The van der Waals surface area contributed by atoms with Crippen LogP contribution in [0.1, 0.15) is 58.2 Å². The molecular weight excluding hydrogens is 304 g/mol. The van der Waals surface area contributed by atoms with Gasteiger partial charge in [-0.05, 0) is 26.7 Å². The van der Waals surface area contributed by atoms with E-state index < -0.39 is 15.4 Å². The van der Waals surface area contributed by atoms with Crippen LogP contribution in [0.3, 0.4) is 0 Å². The Hall–Kier alpha value is -0.460. The molecule has 2 rings (SSSR count). The van der Waals surface area contributed by atoms with Gasteiger partial charge in [-0.25, -0.2) is 13.4 Å². The third-order valence-corrected chi connectivity index (χ3v) is 6.66. The molecule has 2 heterocycles. The Morgan fingerprint density at radius 1 is 1.38 bits per heavy atom. The highest BCUT2D eigenvalue weighted by Gasteiger charge is 2.43. The van der Waals surface area contributed by atoms with Crippen LogP contribution in [0, 0.1) is 0 Å². The van der Waals surface area contributed by atoms with Gasteiger partial charge in [0.15, 0.2) is 9.84 Å². The third kappa shape index (κ3) is 3.85. The lowest BCUT2D eigenvalue weighted by Crippen LogP contribution is -2.53. The predicted octanol–water partition coefficient (Wildman–Crippen LogP) is 2.84. The van der Waals surface area contributed by atoms with Gasteiger partial charge >= 0.3 is 0 Å². The lowest BCUT2D eigenvalue weighted by atomic mass is 9.92. The molecule has 1 atom stereocenters. The highest BCUT2D eigenvalue weighted by Crippen LogP contribution is 2.37. The summed E-state index contributed by atoms with van der Waals surface area (Å²) in [5.74, 6) is 0.460. The number of thiazole rings is 1. The number of aromatic nitrogens is 1. The quantitative estimate of drug-likeness (QED) is 0.926. The summed E-state index contributed by atoms with van der Waals surface area (Å²) < 4.78 is 24.3. The molecule has 1 aromatic rings. The maximum atomic E-state index is 12.2. The number of nitrogens with zero attached hydrogens (tertiary/aromatic N) is 1. The highest BCUT2D eigenvalue weighted by molar-refractivity contribution is 7.91. The SMILES string of the molecule is CC(C)NC1(c2nc(C(C)(C)C)cs2)CCCS(=O)(=O)C1. The summed E-state index contributed by atoms with van der Waals surface area (Å²) in [7, 11) is -3.01. The standard InChI is InChI=1S/C15H26N2O2S2/c1-11(2)17-15(7-6-8-21(18,19)10-15)13-16-12(9-20-13)14(3,4)5/h9,11,17H,6-8,10H2,1-5H3. The van der Waals surface area contributed by atoms with Gasteiger partial charge in [-0.2, -0.15) is 0 Å². The van der Waals surface area contributed by atoms with Crippen molar-refractivity contribution in [2.24, 2.45) is 0 Å². The van der Waals surface area contributed by atoms with Gasteiger partial charge in [0.2, 0.25) is 0 Å². The van der Waals surface area contributed by atoms with Crippen LogP contribution in [0.4, 0.5) is 0 Å². The van der Waals surface area contributed by atoms with Gasteiger partial charge in [-0.1, -0.05) is 20.8 Å². The second-order valence-electron chi connectivity index (χ2n) is 7.36. The molecule has 6 heteroatoms. The van der Waals surface area contributed by atoms with Crippen molar-refractivity contribution < 1.29 is 8.42 Å². The topological polar surface area (TPSA) is 59.1 Å². The second-order valence-corrected chi connectivity index (χ2v) is 10.4. The van der Waals surface area contributed by atoms with Crippen LogP contribution in [0.5, 0.6) is 0 Å². The van der Waals surface area contributed by atoms with Crippen molar-refractivity contribution in [3.05, 3.63) is 16.1 Å². The number of sulfone groups is 1. The van der Waals surface area contributed by atoms with E-state index in [2.05, 4.69) is 45.3 Å². The van der Waals surface area contributed by atoms with Gasteiger partial charge in [0.05, 0.1) is 22.7 Å². The molecule has 0 radical (unpaired) electrons. The highest BCUT2D eigenvalue weighted by atomic mass is 32.2. The van der Waals surface area contributed by atoms with E-state index in [1.54, 1.807) is 11.3 Å². The Balaban J connectivity index is 2.43. The summed E-state index contributed by atoms with van der Waals surface area (Å²) in [6, 6.07) is 0.222. The fourth-order valence-corrected chi connectivity index (χ4v) is 6.02. The van der Waals surface area contributed by atoms with Crippen LogP contribution in [0.25, 0.3) is 0 Å². The predicted molar refractivity (Wildman–Crippen MR) is 88.7 cm³/mol. The first kappa shape index (κ1) is 16.9. The average molecular weight is 331 g/mol. The van der Waals surface area contributed by atoms with E-state index in [0.717, 1.165) is 17.1 Å². The van der Waals surface area contributed by atoms with Gasteiger partial charge < -0.3 is 5.32 Å². The van der Waals surface area contributed by atoms with Crippen molar-refractivity contribution in [2.45, 2.75) is 64.5 Å². The minimum absolute atomic E-state index is 0.0126. The molecule has 0 spiro atoms. The Labute approximate surface area is 132 Å². The number of nitrogens with one attached hydrogen (secondary N) is 1. The van der Waals surface area contributed by atoms with Crippen LogP contribution in [-0.2, 0) is 20.8 Å². The van der Waals surface area contributed by atoms with Gasteiger partial charge in [0.1, 0.15) is 5.01 Å². The molecule has 1 fully saturated rings. The first-order valence-corrected chi connectivity index (χ1v) is 10.2. The van der Waals surface area contributed by atoms with Crippen molar-refractivity contribution in [2.75, 3.05) is 11.5 Å². The van der Waals surface area contributed by atoms with E-state index in [9.17, 15) is 8.42 Å². The summed E-state index contributed by atoms with van der Waals surface area (Å²) in [4.78, 5) is 4.79. The Bertz CT molecular complexity index is 599. The van der Waals surface area contributed by atoms with Gasteiger partial charge in [-0.15, -0.1) is 11.3 Å². The van der Waals surface area contributed by atoms with Gasteiger partial charge in [0.25, 0.3) is 0 Å². The minimum atomic E-state index is -3.01. The molecule has 1 aliphatic rings. The maximum Gasteiger partial charge on any atom is 0.152 e. The molecule has 1 saturated heterocycles. The molecule has 1 N–H and O–H groups in total. The van der Waals surface area contributed by atoms with E-state index in [-0.39, 0.29) is 17.2 Å². The van der Waals surface area contributed by atoms with Crippen LogP contribution in [0.15, 0.2) is 5.38 Å². The van der Waals surface area contributed by atoms with Gasteiger partial charge in [0, 0.05) is 16.8 Å². The Morgan fingerprint density at radius 3 is 2.52 bits per heavy atom. The molecule has 4 nitrogen and oxygen atoms in total. The first-order chi connectivity index (χ1) is 9.54. The minimum Gasteiger partial charge on any atom is -0.302 e. The molecule has 0 aliphatic carbocycles. The van der Waals surface area contributed by atoms with Crippen molar-refractivity contribution in [3.8, 4) is 0 Å². The van der Waals surface area contributed by atoms with Gasteiger partial charge in [-0.3, -0.25) is 0 Å². The van der Waals surface area contributed by atoms with E-state index in [1.807, 2.05) is 0 Å². The smallest absolute Gasteiger partial charge is 0.152 e. The molecule has 1 unspecified atom stereocenters. The average Bonchev–Trinajstić information content (AvgIpc) is 2.75. The molecule has 0 bridgehead atoms. The monoisotopic (exact) mass is 330 g/mol. The third-order valence-electron chi connectivity index (χ3n) is 3.77. The van der Waals surface area contributed by atoms with Crippen LogP contribution < -0.4 is 5.32 Å². The molecule has 21 heavy (non-hydrogen) atoms. The second kappa shape index (κ2) is 5.63. The Morgan fingerprint density at radius 2 is 2.05 bits per heavy atom. The largest absolute Gasteiger partial charge is 0.302 e. The summed E-state index contributed by atoms with van der Waals surface area (Å²) >= 11 is 1.59. The van der Waals surface area contributed by atoms with E-state index in [4.69, 9.17) is 4.98 Å². The van der Waals surface area contributed by atoms with Crippen LogP contribution in [0.2, 0.25) is 0 Å². The molecule has 120 valence electrons. The zero-order valence-electron chi connectivity index (χ0n) is 13.6. The number of hydrogen-bond acceptors (Lipinski definition) is 5. The lowest BCUT2D eigenvalue weighted by molar-refractivity contribution is 0.299. The Kier molecular flexibility index (Phi) is 4.53. The molecular formula is C15H26N2O2S2. The lowest BCUT2D eigenvalue weighted by Gasteiger charge is -2.37. The zero-order chi connectivity index (χ0) is 15.9. The number of hydrogen-bond donors (Lipinski definition) is 1. The zero-order valence-corrected chi connectivity index (χ0v) is 15.2. The molecule has 0 saturated carbocycles. The van der Waals surface area contributed by atoms with E-state index in [0.29, 0.717) is 12.2 Å². The summed E-state index contributed by atoms with van der Waals surface area (Å²) in [5.41, 5.74) is 0.510. The molecule has 1 aromatic heterocycles. The van der Waals surface area contributed by atoms with Crippen molar-refractivity contribution in [1.29, 1.82) is 0 Å². The van der Waals surface area contributed by atoms with Crippen molar-refractivity contribution in [1.82, 2.24) is 10.3 Å². The van der Waals surface area contributed by atoms with E-state index >= 15 is 0 Å². The first-order valence-electron chi connectivity index (χ1n) is 7.49. The normalized spacial score (nSPS) is 26.2. The molecule has 0 amide bonds. The summed E-state index contributed by atoms with van der Waals surface area (Å²) in [6.07, 6.45) is 1.54. The fourth-order valence-electron chi connectivity index (χ4n) is 2.85. The fraction of sp³-hybridized carbons (Fsp3) is 0.800. The summed E-state index contributed by atoms with van der Waals surface area (Å²) in [5, 5.41) is 6.49. The maximum absolute atomic E-state index is 12.2.